The largest absolute Gasteiger partial charge is 0.173 e. The van der Waals surface area contributed by atoms with Crippen LogP contribution in [-0.2, 0) is 10.8 Å². The molecular formula is C40H36N2S3. The minimum atomic E-state index is -0.0776. The molecule has 3 aromatic heterocycles. The quantitative estimate of drug-likeness (QED) is 0.192. The van der Waals surface area contributed by atoms with Crippen molar-refractivity contribution < 1.29 is 0 Å². The lowest BCUT2D eigenvalue weighted by atomic mass is 9.79. The minimum Gasteiger partial charge on any atom is -0.173 e. The maximum atomic E-state index is 4.75. The van der Waals surface area contributed by atoms with E-state index in [0.29, 0.717) is 11.8 Å². The fourth-order valence-corrected chi connectivity index (χ4v) is 10.8. The van der Waals surface area contributed by atoms with Crippen molar-refractivity contribution in [3.05, 3.63) is 93.4 Å². The van der Waals surface area contributed by atoms with Crippen LogP contribution in [0.4, 0.5) is 0 Å². The van der Waals surface area contributed by atoms with Gasteiger partial charge in [0, 0.05) is 35.5 Å². The van der Waals surface area contributed by atoms with Gasteiger partial charge in [-0.25, -0.2) is 0 Å². The highest BCUT2D eigenvalue weighted by molar-refractivity contribution is 7.22. The van der Waals surface area contributed by atoms with Crippen LogP contribution in [-0.4, -0.2) is 8.75 Å². The second-order valence-corrected chi connectivity index (χ2v) is 17.5. The molecule has 0 atom stereocenters. The van der Waals surface area contributed by atoms with Crippen LogP contribution >= 0.6 is 34.4 Å². The zero-order valence-electron chi connectivity index (χ0n) is 27.0. The molecule has 0 amide bonds. The lowest BCUT2D eigenvalue weighted by molar-refractivity contribution is 0.653. The maximum Gasteiger partial charge on any atom is 0.113 e. The van der Waals surface area contributed by atoms with Gasteiger partial charge in [-0.3, -0.25) is 0 Å². The second kappa shape index (κ2) is 9.12. The number of fused-ring (bicyclic) bond motifs is 9. The summed E-state index contributed by atoms with van der Waals surface area (Å²) in [6, 6.07) is 24.3. The minimum absolute atomic E-state index is 0.0456. The van der Waals surface area contributed by atoms with E-state index in [1.165, 1.54) is 97.3 Å². The first-order valence-electron chi connectivity index (χ1n) is 16.0. The van der Waals surface area contributed by atoms with Gasteiger partial charge in [0.1, 0.15) is 11.0 Å². The molecule has 0 spiro atoms. The van der Waals surface area contributed by atoms with Gasteiger partial charge >= 0.3 is 0 Å². The molecule has 2 aliphatic carbocycles. The number of thiophene rings is 2. The van der Waals surface area contributed by atoms with E-state index in [0.717, 1.165) is 11.0 Å². The van der Waals surface area contributed by atoms with Gasteiger partial charge in [0.15, 0.2) is 0 Å². The third-order valence-corrected chi connectivity index (χ3v) is 13.7. The molecule has 0 saturated heterocycles. The molecule has 0 saturated carbocycles. The van der Waals surface area contributed by atoms with Crippen molar-refractivity contribution in [3.8, 4) is 32.7 Å². The van der Waals surface area contributed by atoms with Crippen molar-refractivity contribution in [1.29, 1.82) is 0 Å². The third kappa shape index (κ3) is 3.72. The van der Waals surface area contributed by atoms with E-state index in [9.17, 15) is 0 Å². The maximum absolute atomic E-state index is 4.75. The molecule has 0 N–H and O–H groups in total. The van der Waals surface area contributed by atoms with Crippen LogP contribution in [0.3, 0.4) is 0 Å². The van der Waals surface area contributed by atoms with Crippen molar-refractivity contribution in [2.75, 3.05) is 0 Å². The van der Waals surface area contributed by atoms with Gasteiger partial charge < -0.3 is 0 Å². The molecule has 0 radical (unpaired) electrons. The Labute approximate surface area is 277 Å². The summed E-state index contributed by atoms with van der Waals surface area (Å²) in [6.07, 6.45) is 0. The molecule has 3 heterocycles. The Bertz CT molecular complexity index is 2390. The van der Waals surface area contributed by atoms with Crippen LogP contribution in [0, 0.1) is 0 Å². The van der Waals surface area contributed by atoms with Crippen molar-refractivity contribution in [1.82, 2.24) is 8.75 Å². The second-order valence-electron chi connectivity index (χ2n) is 14.8. The van der Waals surface area contributed by atoms with Gasteiger partial charge in [-0.1, -0.05) is 67.5 Å². The number of benzene rings is 4. The fourth-order valence-electron chi connectivity index (χ4n) is 8.01. The summed E-state index contributed by atoms with van der Waals surface area (Å²) in [6.45, 7) is 18.7. The molecule has 5 heteroatoms. The first-order chi connectivity index (χ1) is 21.4. The molecule has 2 aliphatic rings. The number of hydrogen-bond donors (Lipinski definition) is 0. The van der Waals surface area contributed by atoms with E-state index in [2.05, 4.69) is 120 Å². The highest BCUT2D eigenvalue weighted by Gasteiger charge is 2.42. The van der Waals surface area contributed by atoms with Crippen LogP contribution in [0.15, 0.2) is 60.7 Å². The van der Waals surface area contributed by atoms with Crippen LogP contribution in [0.1, 0.15) is 99.9 Å². The number of aromatic nitrogens is 2. The number of nitrogens with zero attached hydrogens (tertiary/aromatic N) is 2. The smallest absolute Gasteiger partial charge is 0.113 e. The Morgan fingerprint density at radius 1 is 0.533 bits per heavy atom. The molecule has 9 rings (SSSR count). The summed E-state index contributed by atoms with van der Waals surface area (Å²) in [5.41, 5.74) is 15.9. The normalized spacial score (nSPS) is 15.9. The average Bonchev–Trinajstić information content (AvgIpc) is 3.80. The van der Waals surface area contributed by atoms with E-state index in [1.54, 1.807) is 0 Å². The Hall–Kier alpha value is -3.38. The Kier molecular flexibility index (Phi) is 5.65. The fraction of sp³-hybridized carbons (Fsp3) is 0.300. The number of hydrogen-bond acceptors (Lipinski definition) is 5. The molecule has 224 valence electrons. The first kappa shape index (κ1) is 27.9. The van der Waals surface area contributed by atoms with Crippen LogP contribution in [0.5, 0.6) is 0 Å². The predicted molar refractivity (Wildman–Crippen MR) is 197 cm³/mol. The Balaban J connectivity index is 1.20. The summed E-state index contributed by atoms with van der Waals surface area (Å²) in [5.74, 6) is 0.980. The first-order valence-corrected chi connectivity index (χ1v) is 18.4. The molecule has 0 aliphatic heterocycles. The monoisotopic (exact) mass is 640 g/mol. The summed E-state index contributed by atoms with van der Waals surface area (Å²) >= 11 is 5.16. The summed E-state index contributed by atoms with van der Waals surface area (Å²) < 4.78 is 12.2. The third-order valence-electron chi connectivity index (χ3n) is 10.7. The molecule has 2 nitrogen and oxygen atoms in total. The van der Waals surface area contributed by atoms with Crippen LogP contribution in [0.2, 0.25) is 0 Å². The Morgan fingerprint density at radius 2 is 1.07 bits per heavy atom. The predicted octanol–water partition coefficient (Wildman–Crippen LogP) is 12.6. The summed E-state index contributed by atoms with van der Waals surface area (Å²) in [5, 5.41) is 2.71. The lowest BCUT2D eigenvalue weighted by Crippen LogP contribution is -2.17. The van der Waals surface area contributed by atoms with E-state index >= 15 is 0 Å². The van der Waals surface area contributed by atoms with Crippen LogP contribution < -0.4 is 0 Å². The topological polar surface area (TPSA) is 25.8 Å². The van der Waals surface area contributed by atoms with Gasteiger partial charge in [0.25, 0.3) is 0 Å². The van der Waals surface area contributed by atoms with Gasteiger partial charge in [-0.05, 0) is 121 Å². The van der Waals surface area contributed by atoms with Gasteiger partial charge in [-0.15, -0.1) is 22.7 Å². The molecule has 4 aromatic carbocycles. The molecule has 7 aromatic rings. The van der Waals surface area contributed by atoms with Gasteiger partial charge in [0.2, 0.25) is 0 Å². The molecule has 0 unspecified atom stereocenters. The highest BCUT2D eigenvalue weighted by Crippen LogP contribution is 2.58. The molecule has 0 fully saturated rings. The summed E-state index contributed by atoms with van der Waals surface area (Å²) in [4.78, 5) is 2.74. The average molecular weight is 641 g/mol. The highest BCUT2D eigenvalue weighted by atomic mass is 32.1. The van der Waals surface area contributed by atoms with Crippen molar-refractivity contribution in [3.63, 3.8) is 0 Å². The zero-order valence-corrected chi connectivity index (χ0v) is 29.5. The van der Waals surface area contributed by atoms with E-state index < -0.39 is 0 Å². The van der Waals surface area contributed by atoms with Gasteiger partial charge in [-0.2, -0.15) is 8.75 Å². The molecule has 0 bridgehead atoms. The van der Waals surface area contributed by atoms with Gasteiger partial charge in [0.05, 0.1) is 11.7 Å². The zero-order chi connectivity index (χ0) is 31.2. The SMILES string of the molecule is CC(C)c1cc2cc3c(cc2s1)-c1cc2c(cc1C3(C)C)-c1cc3sc(-c4ccc(C(C)C)c5nsnc45)cc3cc1C2(C)C. The van der Waals surface area contributed by atoms with E-state index in [1.807, 2.05) is 22.7 Å². The van der Waals surface area contributed by atoms with E-state index in [4.69, 9.17) is 4.37 Å². The Morgan fingerprint density at radius 3 is 1.67 bits per heavy atom. The standard InChI is InChI=1S/C40H36N2S3/c1-19(2)23-9-10-24(38-37(23)41-45-42-38)36-14-22-12-30-28(18-35(22)44-36)26-16-31-25(15-32(26)40(30,7)8)27-17-34-21(11-29(27)39(31,5)6)13-33(43-34)20(3)4/h9-20H,1-8H3. The van der Waals surface area contributed by atoms with E-state index in [-0.39, 0.29) is 10.8 Å². The van der Waals surface area contributed by atoms with Crippen LogP contribution in [0.25, 0.3) is 63.9 Å². The van der Waals surface area contributed by atoms with Crippen molar-refractivity contribution in [2.45, 2.75) is 78.1 Å². The number of rotatable bonds is 3. The summed E-state index contributed by atoms with van der Waals surface area (Å²) in [7, 11) is 0. The molecular weight excluding hydrogens is 605 g/mol. The van der Waals surface area contributed by atoms with Crippen molar-refractivity contribution >= 4 is 65.6 Å². The molecule has 45 heavy (non-hydrogen) atoms. The lowest BCUT2D eigenvalue weighted by Gasteiger charge is -2.24. The van der Waals surface area contributed by atoms with Crippen molar-refractivity contribution in [2.24, 2.45) is 0 Å².